The number of carboxylic acid groups (broad SMARTS) is 1. The van der Waals surface area contributed by atoms with Crippen LogP contribution in [0.3, 0.4) is 0 Å². The molecule has 1 aliphatic heterocycles. The highest BCUT2D eigenvalue weighted by atomic mass is 19.4. The van der Waals surface area contributed by atoms with Crippen molar-refractivity contribution in [2.45, 2.75) is 44.4 Å². The van der Waals surface area contributed by atoms with Gasteiger partial charge in [0.1, 0.15) is 17.7 Å². The molecular formula is C27H29F4N7O4. The quantitative estimate of drug-likeness (QED) is 0.330. The molecule has 1 unspecified atom stereocenters. The molecular weight excluding hydrogens is 562 g/mol. The highest BCUT2D eigenvalue weighted by molar-refractivity contribution is 5.74. The van der Waals surface area contributed by atoms with Gasteiger partial charge in [0.2, 0.25) is 0 Å². The first-order chi connectivity index (χ1) is 20.1. The standard InChI is InChI=1S/C25H28FN7O2.C2HF3O2/c1-2-16-13-17(14-18(16)24-30-29-22-15-28-23-21(33(22)24)7-8-27-23)35-25(34)32-11-9-31(10-12-32)20-6-4-3-5-19(20)26;3-2(4,5)1(6)7/h3-8,15-18,27H,2,9-14H2,1H3;(H,6,7)/t16-,17+,18?;/m1./s1. The molecule has 11 nitrogen and oxygen atoms in total. The van der Waals surface area contributed by atoms with E-state index in [2.05, 4.69) is 31.5 Å². The molecule has 4 aromatic rings. The lowest BCUT2D eigenvalue weighted by Crippen LogP contribution is -2.49. The molecule has 1 aromatic carbocycles. The van der Waals surface area contributed by atoms with Crippen LogP contribution in [0.2, 0.25) is 0 Å². The Bertz CT molecular complexity index is 1560. The minimum absolute atomic E-state index is 0.145. The van der Waals surface area contributed by atoms with E-state index < -0.39 is 12.1 Å². The number of fused-ring (bicyclic) bond motifs is 3. The number of piperazine rings is 1. The van der Waals surface area contributed by atoms with E-state index in [9.17, 15) is 22.4 Å². The predicted octanol–water partition coefficient (Wildman–Crippen LogP) is 4.61. The monoisotopic (exact) mass is 591 g/mol. The van der Waals surface area contributed by atoms with Crippen LogP contribution in [0.15, 0.2) is 42.7 Å². The summed E-state index contributed by atoms with van der Waals surface area (Å²) in [5.74, 6) is -1.60. The Morgan fingerprint density at radius 1 is 1.10 bits per heavy atom. The van der Waals surface area contributed by atoms with E-state index in [4.69, 9.17) is 14.6 Å². The second-order valence-corrected chi connectivity index (χ2v) is 10.2. The maximum absolute atomic E-state index is 14.1. The second kappa shape index (κ2) is 11.8. The molecule has 3 aromatic heterocycles. The summed E-state index contributed by atoms with van der Waals surface area (Å²) in [5.41, 5.74) is 3.04. The largest absolute Gasteiger partial charge is 0.490 e. The Balaban J connectivity index is 0.000000451. The van der Waals surface area contributed by atoms with Crippen LogP contribution in [0.1, 0.15) is 37.9 Å². The smallest absolute Gasteiger partial charge is 0.475 e. The number of nitrogens with zero attached hydrogens (tertiary/aromatic N) is 6. The van der Waals surface area contributed by atoms with E-state index in [1.807, 2.05) is 23.2 Å². The highest BCUT2D eigenvalue weighted by Gasteiger charge is 2.40. The van der Waals surface area contributed by atoms with Crippen molar-refractivity contribution in [2.24, 2.45) is 5.92 Å². The zero-order valence-electron chi connectivity index (χ0n) is 22.6. The Labute approximate surface area is 237 Å². The lowest BCUT2D eigenvalue weighted by molar-refractivity contribution is -0.192. The predicted molar refractivity (Wildman–Crippen MR) is 143 cm³/mol. The zero-order chi connectivity index (χ0) is 30.0. The number of carboxylic acids is 1. The third-order valence-corrected chi connectivity index (χ3v) is 7.72. The van der Waals surface area contributed by atoms with Gasteiger partial charge < -0.3 is 24.6 Å². The number of benzene rings is 1. The number of aromatic amines is 1. The van der Waals surface area contributed by atoms with Crippen molar-refractivity contribution >= 4 is 34.6 Å². The number of aliphatic carboxylic acids is 1. The van der Waals surface area contributed by atoms with Crippen LogP contribution in [0.5, 0.6) is 0 Å². The molecule has 42 heavy (non-hydrogen) atoms. The normalized spacial score (nSPS) is 20.9. The van der Waals surface area contributed by atoms with Gasteiger partial charge in [0, 0.05) is 38.3 Å². The number of para-hydroxylation sites is 1. The van der Waals surface area contributed by atoms with Gasteiger partial charge in [-0.25, -0.2) is 19.0 Å². The fraction of sp³-hybridized carbons (Fsp3) is 0.444. The zero-order valence-corrected chi connectivity index (χ0v) is 22.6. The number of hydrogen-bond acceptors (Lipinski definition) is 7. The Kier molecular flexibility index (Phi) is 8.18. The molecule has 0 bridgehead atoms. The average Bonchev–Trinajstić information content (AvgIpc) is 3.70. The number of amides is 1. The third-order valence-electron chi connectivity index (χ3n) is 7.72. The summed E-state index contributed by atoms with van der Waals surface area (Å²) in [6.45, 7) is 4.34. The van der Waals surface area contributed by atoms with Gasteiger partial charge in [-0.1, -0.05) is 25.5 Å². The van der Waals surface area contributed by atoms with Crippen molar-refractivity contribution in [2.75, 3.05) is 31.1 Å². The molecule has 0 spiro atoms. The number of rotatable bonds is 4. The highest BCUT2D eigenvalue weighted by Crippen LogP contribution is 2.42. The van der Waals surface area contributed by atoms with Crippen LogP contribution in [0.4, 0.5) is 28.0 Å². The summed E-state index contributed by atoms with van der Waals surface area (Å²) < 4.78 is 53.9. The summed E-state index contributed by atoms with van der Waals surface area (Å²) in [4.78, 5) is 33.1. The van der Waals surface area contributed by atoms with Gasteiger partial charge >= 0.3 is 18.2 Å². The molecule has 1 aliphatic carbocycles. The summed E-state index contributed by atoms with van der Waals surface area (Å²) in [6, 6.07) is 8.74. The molecule has 224 valence electrons. The van der Waals surface area contributed by atoms with Gasteiger partial charge in [-0.15, -0.1) is 10.2 Å². The van der Waals surface area contributed by atoms with E-state index >= 15 is 0 Å². The molecule has 2 fully saturated rings. The van der Waals surface area contributed by atoms with Crippen molar-refractivity contribution in [3.05, 3.63) is 54.4 Å². The average molecular weight is 592 g/mol. The number of anilines is 1. The van der Waals surface area contributed by atoms with Crippen molar-refractivity contribution in [1.29, 1.82) is 0 Å². The number of nitrogens with one attached hydrogen (secondary N) is 1. The molecule has 0 radical (unpaired) electrons. The fourth-order valence-electron chi connectivity index (χ4n) is 5.63. The van der Waals surface area contributed by atoms with Crippen molar-refractivity contribution < 1.29 is 37.0 Å². The van der Waals surface area contributed by atoms with Crippen LogP contribution < -0.4 is 4.90 Å². The number of H-pyrrole nitrogens is 1. The molecule has 4 heterocycles. The van der Waals surface area contributed by atoms with E-state index in [0.29, 0.717) is 44.2 Å². The number of halogens is 4. The minimum Gasteiger partial charge on any atom is -0.475 e. The van der Waals surface area contributed by atoms with E-state index in [1.165, 1.54) is 6.07 Å². The number of hydrogen-bond donors (Lipinski definition) is 2. The van der Waals surface area contributed by atoms with E-state index in [1.54, 1.807) is 23.2 Å². The number of carbonyl (C=O) groups is 2. The van der Waals surface area contributed by atoms with Gasteiger partial charge in [-0.05, 0) is 37.0 Å². The first-order valence-corrected chi connectivity index (χ1v) is 13.5. The van der Waals surface area contributed by atoms with E-state index in [-0.39, 0.29) is 23.9 Å². The number of alkyl halides is 3. The summed E-state index contributed by atoms with van der Waals surface area (Å²) in [6.07, 6.45) is 0.538. The summed E-state index contributed by atoms with van der Waals surface area (Å²) in [5, 5.41) is 16.0. The second-order valence-electron chi connectivity index (χ2n) is 10.2. The third kappa shape index (κ3) is 5.94. The first kappa shape index (κ1) is 29.1. The molecule has 1 saturated carbocycles. The maximum Gasteiger partial charge on any atom is 0.490 e. The lowest BCUT2D eigenvalue weighted by atomic mass is 9.93. The van der Waals surface area contributed by atoms with Gasteiger partial charge in [-0.2, -0.15) is 13.2 Å². The topological polar surface area (TPSA) is 129 Å². The summed E-state index contributed by atoms with van der Waals surface area (Å²) in [7, 11) is 0. The van der Waals surface area contributed by atoms with Crippen molar-refractivity contribution in [1.82, 2.24) is 29.5 Å². The molecule has 15 heteroatoms. The van der Waals surface area contributed by atoms with Crippen LogP contribution in [-0.4, -0.2) is 85.1 Å². The van der Waals surface area contributed by atoms with Gasteiger partial charge in [0.15, 0.2) is 11.3 Å². The molecule has 1 saturated heterocycles. The van der Waals surface area contributed by atoms with Crippen LogP contribution >= 0.6 is 0 Å². The van der Waals surface area contributed by atoms with Crippen LogP contribution in [-0.2, 0) is 9.53 Å². The fourth-order valence-corrected chi connectivity index (χ4v) is 5.63. The molecule has 6 rings (SSSR count). The Morgan fingerprint density at radius 3 is 2.48 bits per heavy atom. The SMILES string of the molecule is CC[C@@H]1C[C@H](OC(=O)N2CCN(c3ccccc3F)CC2)CC1c1nnc2cnc3[nH]ccc3n12.O=C(O)C(F)(F)F. The minimum atomic E-state index is -5.08. The molecule has 1 amide bonds. The number of carbonyl (C=O) groups excluding carboxylic acids is 1. The number of aromatic nitrogens is 5. The Hall–Kier alpha value is -4.43. The molecule has 3 atom stereocenters. The van der Waals surface area contributed by atoms with E-state index in [0.717, 1.165) is 35.5 Å². The molecule has 2 N–H and O–H groups in total. The van der Waals surface area contributed by atoms with Crippen molar-refractivity contribution in [3.8, 4) is 0 Å². The van der Waals surface area contributed by atoms with Crippen molar-refractivity contribution in [3.63, 3.8) is 0 Å². The van der Waals surface area contributed by atoms with Crippen LogP contribution in [0, 0.1) is 11.7 Å². The lowest BCUT2D eigenvalue weighted by Gasteiger charge is -2.36. The molecule has 2 aliphatic rings. The number of ether oxygens (including phenoxy) is 1. The van der Waals surface area contributed by atoms with Gasteiger partial charge in [0.05, 0.1) is 17.4 Å². The summed E-state index contributed by atoms with van der Waals surface area (Å²) >= 11 is 0. The Morgan fingerprint density at radius 2 is 1.81 bits per heavy atom. The maximum atomic E-state index is 14.1. The van der Waals surface area contributed by atoms with Gasteiger partial charge in [-0.3, -0.25) is 4.40 Å². The first-order valence-electron chi connectivity index (χ1n) is 13.5. The van der Waals surface area contributed by atoms with Crippen LogP contribution in [0.25, 0.3) is 16.8 Å². The van der Waals surface area contributed by atoms with Gasteiger partial charge in [0.25, 0.3) is 0 Å².